The molecule has 6 heteroatoms. The number of thioether (sulfide) groups is 1. The van der Waals surface area contributed by atoms with E-state index in [0.29, 0.717) is 32.6 Å². The van der Waals surface area contributed by atoms with Crippen LogP contribution in [0.15, 0.2) is 4.99 Å². The van der Waals surface area contributed by atoms with Crippen LogP contribution in [0.1, 0.15) is 32.6 Å². The van der Waals surface area contributed by atoms with Crippen molar-refractivity contribution >= 4 is 17.7 Å². The SMILES string of the molecule is CCNC(=NCC1(O)CCOCC1)NCCCCSC. The summed E-state index contributed by atoms with van der Waals surface area (Å²) in [6.45, 7) is 5.51. The fourth-order valence-electron chi connectivity index (χ4n) is 2.06. The maximum absolute atomic E-state index is 10.4. The van der Waals surface area contributed by atoms with Gasteiger partial charge in [0.1, 0.15) is 0 Å². The molecule has 0 aromatic rings. The largest absolute Gasteiger partial charge is 0.388 e. The molecule has 0 aromatic carbocycles. The zero-order chi connectivity index (χ0) is 14.7. The molecule has 1 fully saturated rings. The lowest BCUT2D eigenvalue weighted by Crippen LogP contribution is -2.42. The molecule has 1 saturated heterocycles. The molecular formula is C14H29N3O2S. The maximum Gasteiger partial charge on any atom is 0.191 e. The minimum Gasteiger partial charge on any atom is -0.388 e. The van der Waals surface area contributed by atoms with Crippen molar-refractivity contribution in [2.75, 3.05) is 44.9 Å². The molecule has 0 unspecified atom stereocenters. The van der Waals surface area contributed by atoms with Crippen LogP contribution in [0.2, 0.25) is 0 Å². The number of nitrogens with one attached hydrogen (secondary N) is 2. The van der Waals surface area contributed by atoms with Crippen molar-refractivity contribution in [1.29, 1.82) is 0 Å². The molecule has 1 aliphatic rings. The Kier molecular flexibility index (Phi) is 9.05. The quantitative estimate of drug-likeness (QED) is 0.357. The maximum atomic E-state index is 10.4. The first-order chi connectivity index (χ1) is 9.70. The van der Waals surface area contributed by atoms with Gasteiger partial charge in [0.2, 0.25) is 0 Å². The van der Waals surface area contributed by atoms with Gasteiger partial charge >= 0.3 is 0 Å². The van der Waals surface area contributed by atoms with Crippen molar-refractivity contribution in [1.82, 2.24) is 10.6 Å². The first-order valence-corrected chi connectivity index (χ1v) is 8.91. The normalized spacial score (nSPS) is 18.9. The van der Waals surface area contributed by atoms with Crippen LogP contribution in [0.3, 0.4) is 0 Å². The Bertz CT molecular complexity index is 282. The predicted molar refractivity (Wildman–Crippen MR) is 86.6 cm³/mol. The number of nitrogens with zero attached hydrogens (tertiary/aromatic N) is 1. The number of hydrogen-bond donors (Lipinski definition) is 3. The molecule has 0 saturated carbocycles. The Morgan fingerprint density at radius 1 is 1.30 bits per heavy atom. The van der Waals surface area contributed by atoms with E-state index in [4.69, 9.17) is 4.74 Å². The summed E-state index contributed by atoms with van der Waals surface area (Å²) in [4.78, 5) is 4.51. The minimum absolute atomic E-state index is 0.441. The monoisotopic (exact) mass is 303 g/mol. The van der Waals surface area contributed by atoms with Gasteiger partial charge in [-0.2, -0.15) is 11.8 Å². The highest BCUT2D eigenvalue weighted by molar-refractivity contribution is 7.98. The van der Waals surface area contributed by atoms with Crippen molar-refractivity contribution in [3.05, 3.63) is 0 Å². The van der Waals surface area contributed by atoms with E-state index < -0.39 is 5.60 Å². The van der Waals surface area contributed by atoms with E-state index in [2.05, 4.69) is 21.9 Å². The fraction of sp³-hybridized carbons (Fsp3) is 0.929. The van der Waals surface area contributed by atoms with Crippen LogP contribution in [-0.4, -0.2) is 61.5 Å². The van der Waals surface area contributed by atoms with Crippen molar-refractivity contribution in [2.45, 2.75) is 38.2 Å². The highest BCUT2D eigenvalue weighted by Crippen LogP contribution is 2.20. The van der Waals surface area contributed by atoms with Gasteiger partial charge in [-0.05, 0) is 31.8 Å². The zero-order valence-corrected chi connectivity index (χ0v) is 13.6. The zero-order valence-electron chi connectivity index (χ0n) is 12.8. The third-order valence-corrected chi connectivity index (χ3v) is 4.06. The summed E-state index contributed by atoms with van der Waals surface area (Å²) < 4.78 is 5.28. The first kappa shape index (κ1) is 17.6. The minimum atomic E-state index is -0.695. The summed E-state index contributed by atoms with van der Waals surface area (Å²) in [5.41, 5.74) is -0.695. The standard InChI is InChI=1S/C14H29N3O2S/c1-3-15-13(16-8-4-5-11-20-2)17-12-14(18)6-9-19-10-7-14/h18H,3-12H2,1-2H3,(H2,15,16,17). The van der Waals surface area contributed by atoms with E-state index in [1.54, 1.807) is 0 Å². The Morgan fingerprint density at radius 3 is 2.70 bits per heavy atom. The van der Waals surface area contributed by atoms with Gasteiger partial charge in [0.25, 0.3) is 0 Å². The van der Waals surface area contributed by atoms with Crippen molar-refractivity contribution < 1.29 is 9.84 Å². The van der Waals surface area contributed by atoms with Crippen molar-refractivity contribution in [2.24, 2.45) is 4.99 Å². The van der Waals surface area contributed by atoms with Gasteiger partial charge < -0.3 is 20.5 Å². The number of aliphatic hydroxyl groups is 1. The Balaban J connectivity index is 2.33. The summed E-state index contributed by atoms with van der Waals surface area (Å²) in [5, 5.41) is 16.9. The Hall–Kier alpha value is -0.460. The second-order valence-electron chi connectivity index (χ2n) is 5.16. The van der Waals surface area contributed by atoms with Gasteiger partial charge in [0.05, 0.1) is 12.1 Å². The predicted octanol–water partition coefficient (Wildman–Crippen LogP) is 1.23. The molecule has 0 atom stereocenters. The topological polar surface area (TPSA) is 65.9 Å². The van der Waals surface area contributed by atoms with E-state index in [0.717, 1.165) is 25.5 Å². The van der Waals surface area contributed by atoms with Gasteiger partial charge in [0, 0.05) is 39.1 Å². The second kappa shape index (κ2) is 10.3. The molecule has 1 rings (SSSR count). The van der Waals surface area contributed by atoms with Crippen LogP contribution in [-0.2, 0) is 4.74 Å². The lowest BCUT2D eigenvalue weighted by Gasteiger charge is -2.30. The summed E-state index contributed by atoms with van der Waals surface area (Å²) in [6, 6.07) is 0. The van der Waals surface area contributed by atoms with Gasteiger partial charge in [-0.1, -0.05) is 0 Å². The van der Waals surface area contributed by atoms with Crippen LogP contribution >= 0.6 is 11.8 Å². The van der Waals surface area contributed by atoms with Crippen molar-refractivity contribution in [3.63, 3.8) is 0 Å². The van der Waals surface area contributed by atoms with E-state index in [1.807, 2.05) is 18.7 Å². The number of unbranched alkanes of at least 4 members (excludes halogenated alkanes) is 1. The Morgan fingerprint density at radius 2 is 2.05 bits per heavy atom. The van der Waals surface area contributed by atoms with Crippen molar-refractivity contribution in [3.8, 4) is 0 Å². The van der Waals surface area contributed by atoms with Crippen LogP contribution in [0.4, 0.5) is 0 Å². The van der Waals surface area contributed by atoms with E-state index >= 15 is 0 Å². The van der Waals surface area contributed by atoms with Crippen LogP contribution in [0.25, 0.3) is 0 Å². The third kappa shape index (κ3) is 7.36. The molecule has 20 heavy (non-hydrogen) atoms. The molecule has 0 aromatic heterocycles. The van der Waals surface area contributed by atoms with Gasteiger partial charge in [0.15, 0.2) is 5.96 Å². The molecule has 1 aliphatic heterocycles. The van der Waals surface area contributed by atoms with E-state index in [1.165, 1.54) is 12.2 Å². The second-order valence-corrected chi connectivity index (χ2v) is 6.14. The molecule has 0 radical (unpaired) electrons. The number of guanidine groups is 1. The highest BCUT2D eigenvalue weighted by atomic mass is 32.2. The third-order valence-electron chi connectivity index (χ3n) is 3.37. The molecule has 3 N–H and O–H groups in total. The molecule has 5 nitrogen and oxygen atoms in total. The van der Waals surface area contributed by atoms with E-state index in [9.17, 15) is 5.11 Å². The summed E-state index contributed by atoms with van der Waals surface area (Å²) in [7, 11) is 0. The van der Waals surface area contributed by atoms with Gasteiger partial charge in [-0.15, -0.1) is 0 Å². The average Bonchev–Trinajstić information content (AvgIpc) is 2.45. The fourth-order valence-corrected chi connectivity index (χ4v) is 2.55. The summed E-state index contributed by atoms with van der Waals surface area (Å²) in [6.07, 6.45) is 5.83. The smallest absolute Gasteiger partial charge is 0.191 e. The number of aliphatic imine (C=N–C) groups is 1. The molecule has 0 amide bonds. The van der Waals surface area contributed by atoms with Gasteiger partial charge in [-0.25, -0.2) is 0 Å². The lowest BCUT2D eigenvalue weighted by atomic mass is 9.95. The van der Waals surface area contributed by atoms with E-state index in [-0.39, 0.29) is 0 Å². The Labute approximate surface area is 127 Å². The van der Waals surface area contributed by atoms with Crippen LogP contribution < -0.4 is 10.6 Å². The van der Waals surface area contributed by atoms with Gasteiger partial charge in [-0.3, -0.25) is 4.99 Å². The first-order valence-electron chi connectivity index (χ1n) is 7.51. The number of rotatable bonds is 8. The van der Waals surface area contributed by atoms with Crippen LogP contribution in [0.5, 0.6) is 0 Å². The lowest BCUT2D eigenvalue weighted by molar-refractivity contribution is -0.0565. The number of hydrogen-bond acceptors (Lipinski definition) is 4. The number of ether oxygens (including phenoxy) is 1. The molecule has 0 aliphatic carbocycles. The molecule has 1 heterocycles. The molecular weight excluding hydrogens is 274 g/mol. The summed E-state index contributed by atoms with van der Waals surface area (Å²) >= 11 is 1.88. The summed E-state index contributed by atoms with van der Waals surface area (Å²) in [5.74, 6) is 2.01. The van der Waals surface area contributed by atoms with Crippen LogP contribution in [0, 0.1) is 0 Å². The highest BCUT2D eigenvalue weighted by Gasteiger charge is 2.29. The average molecular weight is 303 g/mol. The molecule has 118 valence electrons. The molecule has 0 bridgehead atoms. The molecule has 0 spiro atoms.